The van der Waals surface area contributed by atoms with Gasteiger partial charge in [0.1, 0.15) is 0 Å². The molecule has 0 unspecified atom stereocenters. The van der Waals surface area contributed by atoms with E-state index in [2.05, 4.69) is 49.7 Å². The van der Waals surface area contributed by atoms with Crippen molar-refractivity contribution < 1.29 is 9.47 Å². The largest absolute Gasteiger partial charge is 0.493 e. The molecule has 1 heterocycles. The van der Waals surface area contributed by atoms with Gasteiger partial charge in [0.2, 0.25) is 0 Å². The van der Waals surface area contributed by atoms with Crippen LogP contribution >= 0.6 is 11.3 Å². The Morgan fingerprint density at radius 1 is 1.14 bits per heavy atom. The van der Waals surface area contributed by atoms with Crippen molar-refractivity contribution in [3.05, 3.63) is 34.7 Å². The average molecular weight is 305 g/mol. The first-order valence-electron chi connectivity index (χ1n) is 7.09. The van der Waals surface area contributed by atoms with Gasteiger partial charge in [0, 0.05) is 23.0 Å². The number of hydrogen-bond donors (Lipinski definition) is 1. The summed E-state index contributed by atoms with van der Waals surface area (Å²) in [5.74, 6) is 1.55. The Morgan fingerprint density at radius 3 is 2.33 bits per heavy atom. The SMILES string of the molecule is COc1cc(CNC(C)C)c(-c2sccc2C)cc1OC. The first kappa shape index (κ1) is 15.9. The molecule has 0 aliphatic rings. The van der Waals surface area contributed by atoms with Crippen LogP contribution in [0.15, 0.2) is 23.6 Å². The molecule has 2 aromatic rings. The predicted octanol–water partition coefficient (Wildman–Crippen LogP) is 4.24. The van der Waals surface area contributed by atoms with E-state index in [1.165, 1.54) is 21.6 Å². The molecule has 114 valence electrons. The summed E-state index contributed by atoms with van der Waals surface area (Å²) in [5, 5.41) is 5.61. The number of methoxy groups -OCH3 is 2. The van der Waals surface area contributed by atoms with Gasteiger partial charge in [-0.15, -0.1) is 11.3 Å². The fraction of sp³-hybridized carbons (Fsp3) is 0.412. The summed E-state index contributed by atoms with van der Waals surface area (Å²) in [6.45, 7) is 7.25. The van der Waals surface area contributed by atoms with Crippen LogP contribution in [0, 0.1) is 6.92 Å². The summed E-state index contributed by atoms with van der Waals surface area (Å²) < 4.78 is 10.9. The zero-order chi connectivity index (χ0) is 15.4. The van der Waals surface area contributed by atoms with Crippen LogP contribution in [0.1, 0.15) is 25.0 Å². The van der Waals surface area contributed by atoms with Crippen LogP contribution in [0.25, 0.3) is 10.4 Å². The lowest BCUT2D eigenvalue weighted by Gasteiger charge is -2.16. The van der Waals surface area contributed by atoms with Gasteiger partial charge in [0.05, 0.1) is 14.2 Å². The second-order valence-corrected chi connectivity index (χ2v) is 6.25. The smallest absolute Gasteiger partial charge is 0.161 e. The number of thiophene rings is 1. The fourth-order valence-electron chi connectivity index (χ4n) is 2.24. The lowest BCUT2D eigenvalue weighted by Crippen LogP contribution is -2.22. The highest BCUT2D eigenvalue weighted by molar-refractivity contribution is 7.13. The van der Waals surface area contributed by atoms with Crippen LogP contribution in [0.5, 0.6) is 11.5 Å². The molecule has 0 saturated carbocycles. The number of ether oxygens (including phenoxy) is 2. The van der Waals surface area contributed by atoms with Gasteiger partial charge in [-0.2, -0.15) is 0 Å². The maximum Gasteiger partial charge on any atom is 0.161 e. The molecule has 0 fully saturated rings. The highest BCUT2D eigenvalue weighted by Crippen LogP contribution is 2.39. The molecule has 0 atom stereocenters. The topological polar surface area (TPSA) is 30.5 Å². The van der Waals surface area contributed by atoms with Crippen molar-refractivity contribution in [2.24, 2.45) is 0 Å². The van der Waals surface area contributed by atoms with Crippen LogP contribution in [0.4, 0.5) is 0 Å². The van der Waals surface area contributed by atoms with Crippen LogP contribution < -0.4 is 14.8 Å². The first-order chi connectivity index (χ1) is 10.1. The molecule has 0 spiro atoms. The molecule has 0 amide bonds. The van der Waals surface area contributed by atoms with Crippen LogP contribution in [-0.4, -0.2) is 20.3 Å². The van der Waals surface area contributed by atoms with Crippen molar-refractivity contribution >= 4 is 11.3 Å². The summed E-state index contributed by atoms with van der Waals surface area (Å²) in [5.41, 5.74) is 3.73. The highest BCUT2D eigenvalue weighted by Gasteiger charge is 2.15. The second kappa shape index (κ2) is 6.96. The van der Waals surface area contributed by atoms with Crippen molar-refractivity contribution in [3.63, 3.8) is 0 Å². The molecule has 4 heteroatoms. The van der Waals surface area contributed by atoms with Crippen molar-refractivity contribution in [3.8, 4) is 21.9 Å². The van der Waals surface area contributed by atoms with Gasteiger partial charge in [-0.25, -0.2) is 0 Å². The molecule has 3 nitrogen and oxygen atoms in total. The van der Waals surface area contributed by atoms with E-state index in [-0.39, 0.29) is 0 Å². The summed E-state index contributed by atoms with van der Waals surface area (Å²) >= 11 is 1.76. The summed E-state index contributed by atoms with van der Waals surface area (Å²) in [4.78, 5) is 1.29. The summed E-state index contributed by atoms with van der Waals surface area (Å²) in [7, 11) is 3.35. The van der Waals surface area contributed by atoms with E-state index < -0.39 is 0 Å². The maximum absolute atomic E-state index is 5.45. The lowest BCUT2D eigenvalue weighted by atomic mass is 10.0. The zero-order valence-electron chi connectivity index (χ0n) is 13.3. The average Bonchev–Trinajstić information content (AvgIpc) is 2.90. The molecule has 0 bridgehead atoms. The van der Waals surface area contributed by atoms with Gasteiger partial charge in [-0.3, -0.25) is 0 Å². The van der Waals surface area contributed by atoms with Crippen LogP contribution in [0.3, 0.4) is 0 Å². The number of benzene rings is 1. The Morgan fingerprint density at radius 2 is 1.81 bits per heavy atom. The number of aryl methyl sites for hydroxylation is 1. The molecule has 0 aliphatic carbocycles. The van der Waals surface area contributed by atoms with Gasteiger partial charge in [-0.1, -0.05) is 13.8 Å². The number of rotatable bonds is 6. The van der Waals surface area contributed by atoms with Gasteiger partial charge in [0.15, 0.2) is 11.5 Å². The molecule has 1 aromatic carbocycles. The molecule has 1 N–H and O–H groups in total. The molecular formula is C17H23NO2S. The quantitative estimate of drug-likeness (QED) is 0.866. The van der Waals surface area contributed by atoms with E-state index >= 15 is 0 Å². The van der Waals surface area contributed by atoms with Crippen LogP contribution in [-0.2, 0) is 6.54 Å². The van der Waals surface area contributed by atoms with E-state index in [9.17, 15) is 0 Å². The third-order valence-electron chi connectivity index (χ3n) is 3.42. The third kappa shape index (κ3) is 3.57. The predicted molar refractivity (Wildman–Crippen MR) is 89.6 cm³/mol. The normalized spacial score (nSPS) is 11.0. The second-order valence-electron chi connectivity index (χ2n) is 5.33. The molecule has 0 saturated heterocycles. The fourth-order valence-corrected chi connectivity index (χ4v) is 3.22. The Balaban J connectivity index is 2.51. The van der Waals surface area contributed by atoms with Gasteiger partial charge in [-0.05, 0) is 41.6 Å². The van der Waals surface area contributed by atoms with Crippen molar-refractivity contribution in [2.75, 3.05) is 14.2 Å². The lowest BCUT2D eigenvalue weighted by molar-refractivity contribution is 0.354. The van der Waals surface area contributed by atoms with Crippen molar-refractivity contribution in [2.45, 2.75) is 33.4 Å². The molecule has 0 aliphatic heterocycles. The molecular weight excluding hydrogens is 282 g/mol. The first-order valence-corrected chi connectivity index (χ1v) is 7.97. The van der Waals surface area contributed by atoms with E-state index in [0.29, 0.717) is 6.04 Å². The third-order valence-corrected chi connectivity index (χ3v) is 4.47. The minimum absolute atomic E-state index is 0.440. The van der Waals surface area contributed by atoms with Crippen molar-refractivity contribution in [1.82, 2.24) is 5.32 Å². The van der Waals surface area contributed by atoms with Gasteiger partial charge in [0.25, 0.3) is 0 Å². The Hall–Kier alpha value is -1.52. The van der Waals surface area contributed by atoms with E-state index in [0.717, 1.165) is 18.0 Å². The zero-order valence-corrected chi connectivity index (χ0v) is 14.1. The number of hydrogen-bond acceptors (Lipinski definition) is 4. The molecule has 0 radical (unpaired) electrons. The maximum atomic E-state index is 5.45. The standard InChI is InChI=1S/C17H23NO2S/c1-11(2)18-10-13-8-15(19-4)16(20-5)9-14(13)17-12(3)6-7-21-17/h6-9,11,18H,10H2,1-5H3. The Labute approximate surface area is 130 Å². The molecule has 21 heavy (non-hydrogen) atoms. The Kier molecular flexibility index (Phi) is 5.26. The van der Waals surface area contributed by atoms with E-state index in [1.807, 2.05) is 0 Å². The summed E-state index contributed by atoms with van der Waals surface area (Å²) in [6, 6.07) is 6.74. The molecule has 2 rings (SSSR count). The minimum Gasteiger partial charge on any atom is -0.493 e. The monoisotopic (exact) mass is 305 g/mol. The molecule has 1 aromatic heterocycles. The van der Waals surface area contributed by atoms with Gasteiger partial charge < -0.3 is 14.8 Å². The minimum atomic E-state index is 0.440. The number of nitrogens with one attached hydrogen (secondary N) is 1. The summed E-state index contributed by atoms with van der Waals surface area (Å²) in [6.07, 6.45) is 0. The van der Waals surface area contributed by atoms with Crippen molar-refractivity contribution in [1.29, 1.82) is 0 Å². The van der Waals surface area contributed by atoms with E-state index in [1.54, 1.807) is 25.6 Å². The highest BCUT2D eigenvalue weighted by atomic mass is 32.1. The van der Waals surface area contributed by atoms with E-state index in [4.69, 9.17) is 9.47 Å². The van der Waals surface area contributed by atoms with Crippen LogP contribution in [0.2, 0.25) is 0 Å². The van der Waals surface area contributed by atoms with Gasteiger partial charge >= 0.3 is 0 Å². The Bertz CT molecular complexity index is 605.